The Morgan fingerprint density at radius 1 is 0.929 bits per heavy atom. The quantitative estimate of drug-likeness (QED) is 0.301. The number of rotatable bonds is 10. The summed E-state index contributed by atoms with van der Waals surface area (Å²) in [5.41, 5.74) is 0.453. The zero-order valence-electron chi connectivity index (χ0n) is 19.1. The Bertz CT molecular complexity index is 603. The maximum atomic E-state index is 12.7. The van der Waals surface area contributed by atoms with E-state index in [-0.39, 0.29) is 23.2 Å². The van der Waals surface area contributed by atoms with Gasteiger partial charge in [0.15, 0.2) is 0 Å². The zero-order valence-corrected chi connectivity index (χ0v) is 19.1. The SMILES string of the molecule is CC1=C(C)C(=O)N(CCCCCCOC(=O)C(C)(CC(C)C)C(C)(C)C)C1=O. The number of carbonyl (C=O) groups is 3. The van der Waals surface area contributed by atoms with Crippen LogP contribution in [0.1, 0.15) is 87.5 Å². The van der Waals surface area contributed by atoms with E-state index in [0.717, 1.165) is 32.1 Å². The number of unbranched alkanes of at least 4 members (excludes halogenated alkanes) is 3. The van der Waals surface area contributed by atoms with Gasteiger partial charge in [-0.2, -0.15) is 0 Å². The van der Waals surface area contributed by atoms with E-state index in [1.807, 2.05) is 6.92 Å². The van der Waals surface area contributed by atoms with Crippen LogP contribution in [0.25, 0.3) is 0 Å². The van der Waals surface area contributed by atoms with Crippen molar-refractivity contribution in [3.05, 3.63) is 11.1 Å². The van der Waals surface area contributed by atoms with Crippen molar-refractivity contribution in [2.24, 2.45) is 16.7 Å². The molecule has 0 saturated heterocycles. The first kappa shape index (κ1) is 24.4. The van der Waals surface area contributed by atoms with Crippen LogP contribution in [0.4, 0.5) is 0 Å². The van der Waals surface area contributed by atoms with Crippen molar-refractivity contribution in [1.82, 2.24) is 4.90 Å². The van der Waals surface area contributed by atoms with E-state index < -0.39 is 5.41 Å². The highest BCUT2D eigenvalue weighted by atomic mass is 16.5. The predicted molar refractivity (Wildman–Crippen MR) is 112 cm³/mol. The first-order valence-corrected chi connectivity index (χ1v) is 10.5. The van der Waals surface area contributed by atoms with Gasteiger partial charge in [0.25, 0.3) is 11.8 Å². The van der Waals surface area contributed by atoms with Gasteiger partial charge in [-0.05, 0) is 57.8 Å². The topological polar surface area (TPSA) is 63.7 Å². The number of esters is 1. The zero-order chi connectivity index (χ0) is 21.7. The lowest BCUT2D eigenvalue weighted by molar-refractivity contribution is -0.163. The molecule has 0 aromatic rings. The highest BCUT2D eigenvalue weighted by molar-refractivity contribution is 6.18. The summed E-state index contributed by atoms with van der Waals surface area (Å²) < 4.78 is 5.61. The molecule has 0 aromatic carbocycles. The molecule has 1 rings (SSSR count). The van der Waals surface area contributed by atoms with Gasteiger partial charge in [0.05, 0.1) is 12.0 Å². The minimum absolute atomic E-state index is 0.112. The largest absolute Gasteiger partial charge is 0.465 e. The Labute approximate surface area is 170 Å². The Balaban J connectivity index is 2.33. The van der Waals surface area contributed by atoms with Crippen LogP contribution >= 0.6 is 0 Å². The van der Waals surface area contributed by atoms with E-state index >= 15 is 0 Å². The molecule has 0 saturated carbocycles. The average molecular weight is 394 g/mol. The molecule has 0 radical (unpaired) electrons. The summed E-state index contributed by atoms with van der Waals surface area (Å²) in [5.74, 6) is -0.0142. The molecule has 5 heteroatoms. The van der Waals surface area contributed by atoms with Gasteiger partial charge in [0, 0.05) is 17.7 Å². The van der Waals surface area contributed by atoms with Crippen molar-refractivity contribution < 1.29 is 19.1 Å². The van der Waals surface area contributed by atoms with Gasteiger partial charge in [-0.15, -0.1) is 0 Å². The molecule has 0 N–H and O–H groups in total. The van der Waals surface area contributed by atoms with Gasteiger partial charge in [-0.1, -0.05) is 41.0 Å². The van der Waals surface area contributed by atoms with E-state index in [1.165, 1.54) is 4.90 Å². The van der Waals surface area contributed by atoms with E-state index in [2.05, 4.69) is 34.6 Å². The monoisotopic (exact) mass is 393 g/mol. The molecule has 5 nitrogen and oxygen atoms in total. The molecular weight excluding hydrogens is 354 g/mol. The molecule has 0 aromatic heterocycles. The number of imide groups is 1. The molecule has 160 valence electrons. The van der Waals surface area contributed by atoms with Crippen LogP contribution in [-0.4, -0.2) is 35.8 Å². The lowest BCUT2D eigenvalue weighted by Crippen LogP contribution is -2.42. The third kappa shape index (κ3) is 5.68. The van der Waals surface area contributed by atoms with Gasteiger partial charge in [-0.3, -0.25) is 19.3 Å². The summed E-state index contributed by atoms with van der Waals surface area (Å²) in [6.07, 6.45) is 4.19. The lowest BCUT2D eigenvalue weighted by atomic mass is 9.64. The van der Waals surface area contributed by atoms with Crippen LogP contribution in [0.5, 0.6) is 0 Å². The molecule has 0 spiro atoms. The number of nitrogens with zero attached hydrogens (tertiary/aromatic N) is 1. The molecule has 1 aliphatic rings. The van der Waals surface area contributed by atoms with E-state index in [1.54, 1.807) is 13.8 Å². The fourth-order valence-corrected chi connectivity index (χ4v) is 3.58. The molecular formula is C23H39NO4. The highest BCUT2D eigenvalue weighted by Gasteiger charge is 2.45. The summed E-state index contributed by atoms with van der Waals surface area (Å²) in [7, 11) is 0. The van der Waals surface area contributed by atoms with Crippen molar-refractivity contribution in [2.75, 3.05) is 13.2 Å². The second-order valence-corrected chi connectivity index (χ2v) is 9.74. The number of hydrogen-bond acceptors (Lipinski definition) is 4. The van der Waals surface area contributed by atoms with Crippen molar-refractivity contribution in [1.29, 1.82) is 0 Å². The van der Waals surface area contributed by atoms with Crippen LogP contribution in [0.15, 0.2) is 11.1 Å². The Morgan fingerprint density at radius 3 is 1.89 bits per heavy atom. The van der Waals surface area contributed by atoms with Crippen molar-refractivity contribution in [3.8, 4) is 0 Å². The molecule has 0 aliphatic carbocycles. The summed E-state index contributed by atoms with van der Waals surface area (Å²) >= 11 is 0. The maximum Gasteiger partial charge on any atom is 0.312 e. The normalized spacial score (nSPS) is 17.5. The second kappa shape index (κ2) is 9.71. The summed E-state index contributed by atoms with van der Waals surface area (Å²) in [6.45, 7) is 16.8. The number of ether oxygens (including phenoxy) is 1. The fourth-order valence-electron chi connectivity index (χ4n) is 3.58. The predicted octanol–water partition coefficient (Wildman–Crippen LogP) is 4.89. The van der Waals surface area contributed by atoms with Gasteiger partial charge in [0.2, 0.25) is 0 Å². The lowest BCUT2D eigenvalue weighted by Gasteiger charge is -2.40. The molecule has 0 bridgehead atoms. The number of amides is 2. The van der Waals surface area contributed by atoms with Crippen LogP contribution in [0.3, 0.4) is 0 Å². The standard InChI is InChI=1S/C23H39NO4/c1-16(2)15-23(8,22(5,6)7)21(27)28-14-12-10-9-11-13-24-19(25)17(3)18(4)20(24)26/h16H,9-15H2,1-8H3. The molecule has 1 aliphatic heterocycles. The Morgan fingerprint density at radius 2 is 1.43 bits per heavy atom. The molecule has 28 heavy (non-hydrogen) atoms. The van der Waals surface area contributed by atoms with E-state index in [4.69, 9.17) is 4.74 Å². The second-order valence-electron chi connectivity index (χ2n) is 9.74. The average Bonchev–Trinajstić information content (AvgIpc) is 2.76. The Kier molecular flexibility index (Phi) is 8.45. The van der Waals surface area contributed by atoms with Crippen LogP contribution in [-0.2, 0) is 19.1 Å². The van der Waals surface area contributed by atoms with Gasteiger partial charge >= 0.3 is 5.97 Å². The number of carbonyl (C=O) groups excluding carboxylic acids is 3. The minimum Gasteiger partial charge on any atom is -0.465 e. The minimum atomic E-state index is -0.500. The third-order valence-electron chi connectivity index (χ3n) is 6.13. The molecule has 2 amide bonds. The van der Waals surface area contributed by atoms with Gasteiger partial charge < -0.3 is 4.74 Å². The Hall–Kier alpha value is -1.65. The molecule has 1 heterocycles. The number of hydrogen-bond donors (Lipinski definition) is 0. The van der Waals surface area contributed by atoms with Crippen LogP contribution in [0.2, 0.25) is 0 Å². The fraction of sp³-hybridized carbons (Fsp3) is 0.783. The first-order valence-electron chi connectivity index (χ1n) is 10.5. The maximum absolute atomic E-state index is 12.7. The summed E-state index contributed by atoms with van der Waals surface area (Å²) in [5, 5.41) is 0. The van der Waals surface area contributed by atoms with E-state index in [9.17, 15) is 14.4 Å². The van der Waals surface area contributed by atoms with Crippen LogP contribution in [0, 0.1) is 16.7 Å². The summed E-state index contributed by atoms with van der Waals surface area (Å²) in [6, 6.07) is 0. The van der Waals surface area contributed by atoms with Crippen molar-refractivity contribution in [2.45, 2.75) is 87.5 Å². The van der Waals surface area contributed by atoms with Gasteiger partial charge in [0.1, 0.15) is 0 Å². The highest BCUT2D eigenvalue weighted by Crippen LogP contribution is 2.44. The first-order chi connectivity index (χ1) is 12.8. The summed E-state index contributed by atoms with van der Waals surface area (Å²) in [4.78, 5) is 38.1. The smallest absolute Gasteiger partial charge is 0.312 e. The molecule has 1 unspecified atom stereocenters. The van der Waals surface area contributed by atoms with Gasteiger partial charge in [-0.25, -0.2) is 0 Å². The van der Waals surface area contributed by atoms with Crippen molar-refractivity contribution in [3.63, 3.8) is 0 Å². The third-order valence-corrected chi connectivity index (χ3v) is 6.13. The molecule has 0 fully saturated rings. The van der Waals surface area contributed by atoms with Crippen molar-refractivity contribution >= 4 is 17.8 Å². The van der Waals surface area contributed by atoms with Crippen LogP contribution < -0.4 is 0 Å². The molecule has 1 atom stereocenters. The van der Waals surface area contributed by atoms with E-state index in [0.29, 0.717) is 30.2 Å².